The number of ether oxygens (including phenoxy) is 1. The molecule has 1 heterocycles. The summed E-state index contributed by atoms with van der Waals surface area (Å²) in [6, 6.07) is 9.82. The maximum absolute atomic E-state index is 6.09. The molecule has 1 aromatic rings. The highest BCUT2D eigenvalue weighted by Gasteiger charge is 2.18. The molecule has 1 saturated heterocycles. The molecule has 0 aromatic heterocycles. The van der Waals surface area contributed by atoms with Gasteiger partial charge in [0.15, 0.2) is 5.96 Å². The van der Waals surface area contributed by atoms with Crippen LogP contribution in [0.1, 0.15) is 19.8 Å². The lowest BCUT2D eigenvalue weighted by Gasteiger charge is -2.24. The van der Waals surface area contributed by atoms with Crippen molar-refractivity contribution in [2.24, 2.45) is 10.7 Å². The molecule has 1 atom stereocenters. The van der Waals surface area contributed by atoms with Gasteiger partial charge in [-0.2, -0.15) is 0 Å². The first-order valence-corrected chi connectivity index (χ1v) is 6.55. The number of benzene rings is 1. The van der Waals surface area contributed by atoms with Gasteiger partial charge in [0.25, 0.3) is 0 Å². The van der Waals surface area contributed by atoms with Crippen molar-refractivity contribution in [1.29, 1.82) is 0 Å². The SMILES string of the molecule is CCC1CN(C(N)=Nc2ccccc2)CCCO1. The number of para-hydroxylation sites is 1. The van der Waals surface area contributed by atoms with Crippen LogP contribution < -0.4 is 5.73 Å². The second-order valence-corrected chi connectivity index (χ2v) is 4.51. The second kappa shape index (κ2) is 6.40. The third kappa shape index (κ3) is 3.47. The van der Waals surface area contributed by atoms with Crippen LogP contribution in [0.5, 0.6) is 0 Å². The summed E-state index contributed by atoms with van der Waals surface area (Å²) in [5, 5.41) is 0. The summed E-state index contributed by atoms with van der Waals surface area (Å²) in [5.74, 6) is 0.588. The normalized spacial score (nSPS) is 21.7. The van der Waals surface area contributed by atoms with E-state index < -0.39 is 0 Å². The molecule has 98 valence electrons. The van der Waals surface area contributed by atoms with Crippen LogP contribution in [0.15, 0.2) is 35.3 Å². The third-order valence-electron chi connectivity index (χ3n) is 3.13. The molecule has 0 aliphatic carbocycles. The van der Waals surface area contributed by atoms with Gasteiger partial charge in [0.1, 0.15) is 0 Å². The first-order chi connectivity index (χ1) is 8.79. The average molecular weight is 247 g/mol. The molecule has 4 heteroatoms. The molecule has 1 aliphatic heterocycles. The Morgan fingerprint density at radius 3 is 2.94 bits per heavy atom. The Labute approximate surface area is 108 Å². The minimum Gasteiger partial charge on any atom is -0.376 e. The lowest BCUT2D eigenvalue weighted by molar-refractivity contribution is 0.0583. The van der Waals surface area contributed by atoms with Gasteiger partial charge in [-0.1, -0.05) is 25.1 Å². The van der Waals surface area contributed by atoms with Gasteiger partial charge in [-0.25, -0.2) is 4.99 Å². The molecular weight excluding hydrogens is 226 g/mol. The number of rotatable bonds is 2. The second-order valence-electron chi connectivity index (χ2n) is 4.51. The first-order valence-electron chi connectivity index (χ1n) is 6.55. The Kier molecular flexibility index (Phi) is 4.59. The van der Waals surface area contributed by atoms with E-state index in [2.05, 4.69) is 16.8 Å². The first kappa shape index (κ1) is 12.9. The van der Waals surface area contributed by atoms with Gasteiger partial charge < -0.3 is 15.4 Å². The van der Waals surface area contributed by atoms with Gasteiger partial charge in [0.2, 0.25) is 0 Å². The summed E-state index contributed by atoms with van der Waals surface area (Å²) in [7, 11) is 0. The van der Waals surface area contributed by atoms with Crippen molar-refractivity contribution in [1.82, 2.24) is 4.90 Å². The molecule has 4 nitrogen and oxygen atoms in total. The van der Waals surface area contributed by atoms with Crippen molar-refractivity contribution < 1.29 is 4.74 Å². The van der Waals surface area contributed by atoms with E-state index in [1.807, 2.05) is 30.3 Å². The van der Waals surface area contributed by atoms with Crippen LogP contribution >= 0.6 is 0 Å². The van der Waals surface area contributed by atoms with Gasteiger partial charge in [0.05, 0.1) is 11.8 Å². The highest BCUT2D eigenvalue weighted by atomic mass is 16.5. The maximum Gasteiger partial charge on any atom is 0.196 e. The van der Waals surface area contributed by atoms with Gasteiger partial charge in [-0.05, 0) is 25.0 Å². The molecular formula is C14H21N3O. The molecule has 1 unspecified atom stereocenters. The molecule has 0 bridgehead atoms. The average Bonchev–Trinajstić information content (AvgIpc) is 2.65. The van der Waals surface area contributed by atoms with Crippen molar-refractivity contribution in [2.45, 2.75) is 25.9 Å². The molecule has 0 radical (unpaired) electrons. The predicted molar refractivity (Wildman–Crippen MR) is 73.9 cm³/mol. The monoisotopic (exact) mass is 247 g/mol. The molecule has 1 aromatic carbocycles. The zero-order chi connectivity index (χ0) is 12.8. The van der Waals surface area contributed by atoms with E-state index in [4.69, 9.17) is 10.5 Å². The Morgan fingerprint density at radius 2 is 2.22 bits per heavy atom. The number of nitrogens with zero attached hydrogens (tertiary/aromatic N) is 2. The van der Waals surface area contributed by atoms with Gasteiger partial charge >= 0.3 is 0 Å². The number of nitrogens with two attached hydrogens (primary N) is 1. The van der Waals surface area contributed by atoms with Crippen molar-refractivity contribution in [3.63, 3.8) is 0 Å². The molecule has 0 saturated carbocycles. The summed E-state index contributed by atoms with van der Waals surface area (Å²) in [4.78, 5) is 6.58. The van der Waals surface area contributed by atoms with Crippen molar-refractivity contribution in [2.75, 3.05) is 19.7 Å². The van der Waals surface area contributed by atoms with Crippen LogP contribution in [0.3, 0.4) is 0 Å². The van der Waals surface area contributed by atoms with Gasteiger partial charge in [-0.15, -0.1) is 0 Å². The summed E-state index contributed by atoms with van der Waals surface area (Å²) in [6.07, 6.45) is 2.27. The molecule has 0 amide bonds. The van der Waals surface area contributed by atoms with Crippen LogP contribution in [-0.2, 0) is 4.74 Å². The van der Waals surface area contributed by atoms with Crippen LogP contribution in [0.25, 0.3) is 0 Å². The zero-order valence-corrected chi connectivity index (χ0v) is 10.9. The molecule has 0 spiro atoms. The number of guanidine groups is 1. The van der Waals surface area contributed by atoms with Crippen molar-refractivity contribution in [3.05, 3.63) is 30.3 Å². The largest absolute Gasteiger partial charge is 0.376 e. The fourth-order valence-corrected chi connectivity index (χ4v) is 2.06. The molecule has 2 rings (SSSR count). The molecule has 1 aliphatic rings. The van der Waals surface area contributed by atoms with Crippen LogP contribution in [0, 0.1) is 0 Å². The van der Waals surface area contributed by atoms with Gasteiger partial charge in [-0.3, -0.25) is 0 Å². The topological polar surface area (TPSA) is 50.8 Å². The van der Waals surface area contributed by atoms with E-state index in [-0.39, 0.29) is 6.10 Å². The minimum absolute atomic E-state index is 0.261. The Hall–Kier alpha value is -1.55. The van der Waals surface area contributed by atoms with E-state index in [9.17, 15) is 0 Å². The number of hydrogen-bond donors (Lipinski definition) is 1. The van der Waals surface area contributed by atoms with E-state index in [1.54, 1.807) is 0 Å². The highest BCUT2D eigenvalue weighted by Crippen LogP contribution is 2.13. The van der Waals surface area contributed by atoms with E-state index >= 15 is 0 Å². The van der Waals surface area contributed by atoms with Crippen LogP contribution in [-0.4, -0.2) is 36.7 Å². The minimum atomic E-state index is 0.261. The van der Waals surface area contributed by atoms with E-state index in [0.29, 0.717) is 5.96 Å². The Bertz CT molecular complexity index is 391. The number of hydrogen-bond acceptors (Lipinski definition) is 2. The third-order valence-corrected chi connectivity index (χ3v) is 3.13. The molecule has 1 fully saturated rings. The smallest absolute Gasteiger partial charge is 0.196 e. The fraction of sp³-hybridized carbons (Fsp3) is 0.500. The summed E-state index contributed by atoms with van der Waals surface area (Å²) in [5.41, 5.74) is 6.98. The van der Waals surface area contributed by atoms with E-state index in [0.717, 1.165) is 38.2 Å². The summed E-state index contributed by atoms with van der Waals surface area (Å²) in [6.45, 7) is 4.70. The summed E-state index contributed by atoms with van der Waals surface area (Å²) >= 11 is 0. The Balaban J connectivity index is 2.07. The van der Waals surface area contributed by atoms with Gasteiger partial charge in [0, 0.05) is 19.7 Å². The zero-order valence-electron chi connectivity index (χ0n) is 10.9. The fourth-order valence-electron chi connectivity index (χ4n) is 2.06. The molecule has 18 heavy (non-hydrogen) atoms. The number of aliphatic imine (C=N–C) groups is 1. The van der Waals surface area contributed by atoms with Crippen molar-refractivity contribution >= 4 is 11.6 Å². The maximum atomic E-state index is 6.09. The lowest BCUT2D eigenvalue weighted by atomic mass is 10.2. The van der Waals surface area contributed by atoms with Crippen LogP contribution in [0.4, 0.5) is 5.69 Å². The summed E-state index contributed by atoms with van der Waals surface area (Å²) < 4.78 is 5.73. The van der Waals surface area contributed by atoms with Crippen LogP contribution in [0.2, 0.25) is 0 Å². The quantitative estimate of drug-likeness (QED) is 0.643. The van der Waals surface area contributed by atoms with Crippen molar-refractivity contribution in [3.8, 4) is 0 Å². The standard InChI is InChI=1S/C14H21N3O/c1-2-13-11-17(9-6-10-18-13)14(15)16-12-7-4-3-5-8-12/h3-5,7-8,13H,2,6,9-11H2,1H3,(H2,15,16). The highest BCUT2D eigenvalue weighted by molar-refractivity contribution is 5.81. The molecule has 2 N–H and O–H groups in total. The Morgan fingerprint density at radius 1 is 1.44 bits per heavy atom. The van der Waals surface area contributed by atoms with E-state index in [1.165, 1.54) is 0 Å². The lowest BCUT2D eigenvalue weighted by Crippen LogP contribution is -2.41. The predicted octanol–water partition coefficient (Wildman–Crippen LogP) is 2.13.